The first kappa shape index (κ1) is 11.4. The van der Waals surface area contributed by atoms with E-state index in [9.17, 15) is 0 Å². The first-order valence-corrected chi connectivity index (χ1v) is 6.04. The highest BCUT2D eigenvalue weighted by Crippen LogP contribution is 2.27. The second-order valence-electron chi connectivity index (χ2n) is 3.91. The molecule has 0 fully saturated rings. The average Bonchev–Trinajstić information content (AvgIpc) is 2.32. The predicted octanol–water partition coefficient (Wildman–Crippen LogP) is 3.81. The maximum Gasteiger partial charge on any atom is 0.0562 e. The highest BCUT2D eigenvalue weighted by Gasteiger charge is 2.11. The Balaban J connectivity index is 2.41. The SMILES string of the molecule is Cc1ccc(Br)c(C(N)c2ccccc2)c1. The fourth-order valence-corrected chi connectivity index (χ4v) is 2.23. The Morgan fingerprint density at radius 2 is 1.75 bits per heavy atom. The molecule has 2 N–H and O–H groups in total. The molecular weight excluding hydrogens is 262 g/mol. The van der Waals surface area contributed by atoms with Crippen LogP contribution < -0.4 is 5.73 Å². The summed E-state index contributed by atoms with van der Waals surface area (Å²) in [4.78, 5) is 0. The number of halogens is 1. The number of rotatable bonds is 2. The maximum absolute atomic E-state index is 6.26. The fraction of sp³-hybridized carbons (Fsp3) is 0.143. The number of hydrogen-bond acceptors (Lipinski definition) is 1. The van der Waals surface area contributed by atoms with Gasteiger partial charge in [-0.3, -0.25) is 0 Å². The van der Waals surface area contributed by atoms with Crippen molar-refractivity contribution in [3.05, 3.63) is 69.7 Å². The molecule has 1 nitrogen and oxygen atoms in total. The van der Waals surface area contributed by atoms with Gasteiger partial charge in [-0.15, -0.1) is 0 Å². The van der Waals surface area contributed by atoms with Gasteiger partial charge in [0.2, 0.25) is 0 Å². The summed E-state index contributed by atoms with van der Waals surface area (Å²) in [5, 5.41) is 0. The van der Waals surface area contributed by atoms with Gasteiger partial charge >= 0.3 is 0 Å². The summed E-state index contributed by atoms with van der Waals surface area (Å²) in [6.07, 6.45) is 0. The van der Waals surface area contributed by atoms with Gasteiger partial charge < -0.3 is 5.73 Å². The van der Waals surface area contributed by atoms with Crippen molar-refractivity contribution in [2.75, 3.05) is 0 Å². The highest BCUT2D eigenvalue weighted by atomic mass is 79.9. The topological polar surface area (TPSA) is 26.0 Å². The van der Waals surface area contributed by atoms with E-state index in [-0.39, 0.29) is 6.04 Å². The van der Waals surface area contributed by atoms with E-state index in [2.05, 4.69) is 47.1 Å². The Hall–Kier alpha value is -1.12. The Morgan fingerprint density at radius 1 is 1.06 bits per heavy atom. The van der Waals surface area contributed by atoms with Crippen molar-refractivity contribution in [3.8, 4) is 0 Å². The van der Waals surface area contributed by atoms with Crippen molar-refractivity contribution in [2.24, 2.45) is 5.73 Å². The summed E-state index contributed by atoms with van der Waals surface area (Å²) in [6, 6.07) is 16.3. The van der Waals surface area contributed by atoms with Crippen molar-refractivity contribution in [3.63, 3.8) is 0 Å². The standard InChI is InChI=1S/C14H14BrN/c1-10-7-8-13(15)12(9-10)14(16)11-5-3-2-4-6-11/h2-9,14H,16H2,1H3. The molecule has 0 aliphatic carbocycles. The second kappa shape index (κ2) is 4.81. The zero-order chi connectivity index (χ0) is 11.5. The second-order valence-corrected chi connectivity index (χ2v) is 4.77. The van der Waals surface area contributed by atoms with Crippen LogP contribution in [0.3, 0.4) is 0 Å². The van der Waals surface area contributed by atoms with E-state index in [1.165, 1.54) is 5.56 Å². The van der Waals surface area contributed by atoms with Crippen LogP contribution >= 0.6 is 15.9 Å². The van der Waals surface area contributed by atoms with Gasteiger partial charge in [0, 0.05) is 4.47 Å². The normalized spacial score (nSPS) is 12.4. The molecule has 1 atom stereocenters. The quantitative estimate of drug-likeness (QED) is 0.887. The molecule has 0 aromatic heterocycles. The molecule has 2 rings (SSSR count). The van der Waals surface area contributed by atoms with Crippen LogP contribution in [-0.4, -0.2) is 0 Å². The zero-order valence-electron chi connectivity index (χ0n) is 9.15. The van der Waals surface area contributed by atoms with E-state index in [4.69, 9.17) is 5.73 Å². The fourth-order valence-electron chi connectivity index (χ4n) is 1.74. The number of hydrogen-bond donors (Lipinski definition) is 1. The molecule has 0 aliphatic rings. The Kier molecular flexibility index (Phi) is 3.42. The van der Waals surface area contributed by atoms with Gasteiger partial charge in [0.1, 0.15) is 0 Å². The van der Waals surface area contributed by atoms with Gasteiger partial charge in [-0.05, 0) is 24.1 Å². The van der Waals surface area contributed by atoms with Gasteiger partial charge in [0.05, 0.1) is 6.04 Å². The molecule has 1 unspecified atom stereocenters. The minimum atomic E-state index is -0.0736. The summed E-state index contributed by atoms with van der Waals surface area (Å²) in [6.45, 7) is 2.08. The van der Waals surface area contributed by atoms with Crippen LogP contribution in [0.4, 0.5) is 0 Å². The van der Waals surface area contributed by atoms with Crippen molar-refractivity contribution >= 4 is 15.9 Å². The summed E-state index contributed by atoms with van der Waals surface area (Å²) >= 11 is 3.55. The average molecular weight is 276 g/mol. The Morgan fingerprint density at radius 3 is 2.44 bits per heavy atom. The summed E-state index contributed by atoms with van der Waals surface area (Å²) in [5.41, 5.74) is 9.75. The summed E-state index contributed by atoms with van der Waals surface area (Å²) in [7, 11) is 0. The van der Waals surface area contributed by atoms with Crippen LogP contribution in [0, 0.1) is 6.92 Å². The lowest BCUT2D eigenvalue weighted by Gasteiger charge is -2.15. The molecule has 2 aromatic carbocycles. The molecule has 0 radical (unpaired) electrons. The predicted molar refractivity (Wildman–Crippen MR) is 71.4 cm³/mol. The third kappa shape index (κ3) is 2.34. The maximum atomic E-state index is 6.26. The monoisotopic (exact) mass is 275 g/mol. The van der Waals surface area contributed by atoms with Crippen LogP contribution in [0.5, 0.6) is 0 Å². The van der Waals surface area contributed by atoms with Crippen LogP contribution in [0.1, 0.15) is 22.7 Å². The Bertz CT molecular complexity index is 479. The largest absolute Gasteiger partial charge is 0.320 e. The van der Waals surface area contributed by atoms with Gasteiger partial charge in [-0.2, -0.15) is 0 Å². The van der Waals surface area contributed by atoms with Crippen molar-refractivity contribution in [2.45, 2.75) is 13.0 Å². The van der Waals surface area contributed by atoms with Crippen molar-refractivity contribution in [1.29, 1.82) is 0 Å². The van der Waals surface area contributed by atoms with Crippen LogP contribution in [-0.2, 0) is 0 Å². The molecule has 0 aliphatic heterocycles. The molecule has 2 aromatic rings. The minimum absolute atomic E-state index is 0.0736. The molecule has 16 heavy (non-hydrogen) atoms. The molecule has 0 heterocycles. The van der Waals surface area contributed by atoms with Crippen LogP contribution in [0.15, 0.2) is 53.0 Å². The third-order valence-corrected chi connectivity index (χ3v) is 3.37. The molecule has 0 saturated heterocycles. The molecule has 0 amide bonds. The highest BCUT2D eigenvalue weighted by molar-refractivity contribution is 9.10. The lowest BCUT2D eigenvalue weighted by atomic mass is 9.98. The smallest absolute Gasteiger partial charge is 0.0562 e. The molecule has 0 spiro atoms. The zero-order valence-corrected chi connectivity index (χ0v) is 10.7. The number of benzene rings is 2. The van der Waals surface area contributed by atoms with Gasteiger partial charge in [-0.25, -0.2) is 0 Å². The van der Waals surface area contributed by atoms with Gasteiger partial charge in [0.15, 0.2) is 0 Å². The van der Waals surface area contributed by atoms with Crippen molar-refractivity contribution in [1.82, 2.24) is 0 Å². The lowest BCUT2D eigenvalue weighted by molar-refractivity contribution is 0.864. The van der Waals surface area contributed by atoms with E-state index in [0.29, 0.717) is 0 Å². The van der Waals surface area contributed by atoms with Gasteiger partial charge in [0.25, 0.3) is 0 Å². The van der Waals surface area contributed by atoms with Crippen LogP contribution in [0.25, 0.3) is 0 Å². The summed E-state index contributed by atoms with van der Waals surface area (Å²) < 4.78 is 1.06. The Labute approximate surface area is 104 Å². The first-order valence-electron chi connectivity index (χ1n) is 5.25. The number of nitrogens with two attached hydrogens (primary N) is 1. The minimum Gasteiger partial charge on any atom is -0.320 e. The molecular formula is C14H14BrN. The molecule has 0 bridgehead atoms. The number of aryl methyl sites for hydroxylation is 1. The summed E-state index contributed by atoms with van der Waals surface area (Å²) in [5.74, 6) is 0. The lowest BCUT2D eigenvalue weighted by Crippen LogP contribution is -2.12. The molecule has 0 saturated carbocycles. The van der Waals surface area contributed by atoms with E-state index in [1.54, 1.807) is 0 Å². The van der Waals surface area contributed by atoms with E-state index >= 15 is 0 Å². The van der Waals surface area contributed by atoms with Crippen LogP contribution in [0.2, 0.25) is 0 Å². The molecule has 2 heteroatoms. The van der Waals surface area contributed by atoms with E-state index in [1.807, 2.05) is 24.3 Å². The van der Waals surface area contributed by atoms with Crippen molar-refractivity contribution < 1.29 is 0 Å². The van der Waals surface area contributed by atoms with Gasteiger partial charge in [-0.1, -0.05) is 64.0 Å². The third-order valence-electron chi connectivity index (χ3n) is 2.65. The van der Waals surface area contributed by atoms with E-state index in [0.717, 1.165) is 15.6 Å². The first-order chi connectivity index (χ1) is 7.68. The molecule has 82 valence electrons. The van der Waals surface area contributed by atoms with E-state index < -0.39 is 0 Å².